The average molecular weight is 462 g/mol. The fraction of sp³-hybridized carbons (Fsp3) is 0.0870. The van der Waals surface area contributed by atoms with Crippen LogP contribution in [0.4, 0.5) is 0 Å². The second-order valence-corrected chi connectivity index (χ2v) is 7.75. The summed E-state index contributed by atoms with van der Waals surface area (Å²) in [5.74, 6) is 1.73. The highest BCUT2D eigenvalue weighted by Crippen LogP contribution is 2.24. The number of ether oxygens (including phenoxy) is 1. The minimum absolute atomic E-state index is 0.00241. The first-order chi connectivity index (χ1) is 14.6. The van der Waals surface area contributed by atoms with Gasteiger partial charge in [-0.3, -0.25) is 4.79 Å². The van der Waals surface area contributed by atoms with Crippen LogP contribution in [-0.2, 0) is 6.54 Å². The van der Waals surface area contributed by atoms with E-state index in [2.05, 4.69) is 26.1 Å². The summed E-state index contributed by atoms with van der Waals surface area (Å²) in [6, 6.07) is 20.7. The van der Waals surface area contributed by atoms with Gasteiger partial charge in [-0.05, 0) is 54.6 Å². The molecule has 0 saturated carbocycles. The lowest BCUT2D eigenvalue weighted by atomic mass is 10.1. The maximum absolute atomic E-state index is 13.0. The van der Waals surface area contributed by atoms with Crippen LogP contribution >= 0.6 is 15.9 Å². The first-order valence-corrected chi connectivity index (χ1v) is 10.1. The van der Waals surface area contributed by atoms with Gasteiger partial charge in [-0.25, -0.2) is 0 Å². The van der Waals surface area contributed by atoms with Gasteiger partial charge < -0.3 is 13.8 Å². The number of nitrogens with zero attached hydrogens (tertiary/aromatic N) is 3. The number of rotatable bonds is 4. The maximum Gasteiger partial charge on any atom is 0.246 e. The molecule has 0 aliphatic rings. The van der Waals surface area contributed by atoms with Gasteiger partial charge in [0.15, 0.2) is 5.43 Å². The van der Waals surface area contributed by atoms with Crippen LogP contribution in [0, 0.1) is 0 Å². The topological polar surface area (TPSA) is 70.2 Å². The summed E-state index contributed by atoms with van der Waals surface area (Å²) in [6.45, 7) is 0.349. The predicted molar refractivity (Wildman–Crippen MR) is 119 cm³/mol. The summed E-state index contributed by atoms with van der Waals surface area (Å²) in [7, 11) is 1.62. The molecule has 30 heavy (non-hydrogen) atoms. The molecule has 5 aromatic rings. The van der Waals surface area contributed by atoms with E-state index in [1.807, 2.05) is 71.3 Å². The van der Waals surface area contributed by atoms with Gasteiger partial charge >= 0.3 is 0 Å². The van der Waals surface area contributed by atoms with E-state index in [9.17, 15) is 4.79 Å². The first-order valence-electron chi connectivity index (χ1n) is 9.32. The van der Waals surface area contributed by atoms with Crippen molar-refractivity contribution in [2.45, 2.75) is 6.54 Å². The highest BCUT2D eigenvalue weighted by molar-refractivity contribution is 9.10. The van der Waals surface area contributed by atoms with Gasteiger partial charge in [0.25, 0.3) is 0 Å². The molecule has 0 aliphatic heterocycles. The third-order valence-electron chi connectivity index (χ3n) is 5.04. The summed E-state index contributed by atoms with van der Waals surface area (Å²) in [4.78, 5) is 17.5. The molecule has 2 aromatic heterocycles. The fourth-order valence-corrected chi connectivity index (χ4v) is 3.94. The van der Waals surface area contributed by atoms with Crippen molar-refractivity contribution in [2.24, 2.45) is 0 Å². The Bertz CT molecular complexity index is 1440. The summed E-state index contributed by atoms with van der Waals surface area (Å²) >= 11 is 3.46. The van der Waals surface area contributed by atoms with Crippen molar-refractivity contribution in [3.8, 4) is 17.1 Å². The lowest BCUT2D eigenvalue weighted by Crippen LogP contribution is -2.12. The van der Waals surface area contributed by atoms with Crippen molar-refractivity contribution in [1.82, 2.24) is 14.7 Å². The van der Waals surface area contributed by atoms with Crippen molar-refractivity contribution in [1.29, 1.82) is 0 Å². The Morgan fingerprint density at radius 2 is 1.77 bits per heavy atom. The van der Waals surface area contributed by atoms with Crippen molar-refractivity contribution < 1.29 is 9.26 Å². The molecule has 5 rings (SSSR count). The van der Waals surface area contributed by atoms with E-state index in [4.69, 9.17) is 9.26 Å². The number of benzene rings is 3. The van der Waals surface area contributed by atoms with Gasteiger partial charge in [0, 0.05) is 20.8 Å². The molecule has 0 spiro atoms. The Kier molecular flexibility index (Phi) is 4.59. The molecule has 0 atom stereocenters. The van der Waals surface area contributed by atoms with E-state index >= 15 is 0 Å². The molecule has 2 heterocycles. The van der Waals surface area contributed by atoms with Crippen LogP contribution in [0.15, 0.2) is 80.5 Å². The van der Waals surface area contributed by atoms with Gasteiger partial charge in [0.2, 0.25) is 11.7 Å². The molecule has 148 valence electrons. The van der Waals surface area contributed by atoms with Crippen LogP contribution in [0.25, 0.3) is 33.2 Å². The van der Waals surface area contributed by atoms with E-state index in [1.54, 1.807) is 7.11 Å². The Hall–Kier alpha value is -3.45. The monoisotopic (exact) mass is 461 g/mol. The van der Waals surface area contributed by atoms with Gasteiger partial charge in [-0.2, -0.15) is 4.98 Å². The van der Waals surface area contributed by atoms with E-state index in [0.29, 0.717) is 29.0 Å². The van der Waals surface area contributed by atoms with Crippen LogP contribution in [0.2, 0.25) is 0 Å². The molecular weight excluding hydrogens is 446 g/mol. The van der Waals surface area contributed by atoms with Crippen LogP contribution in [0.5, 0.6) is 5.75 Å². The zero-order chi connectivity index (χ0) is 20.7. The second kappa shape index (κ2) is 7.42. The number of pyridine rings is 1. The molecule has 0 aliphatic carbocycles. The van der Waals surface area contributed by atoms with Crippen molar-refractivity contribution in [3.63, 3.8) is 0 Å². The molecule has 0 unspecified atom stereocenters. The number of para-hydroxylation sites is 1. The molecule has 0 bridgehead atoms. The van der Waals surface area contributed by atoms with E-state index in [-0.39, 0.29) is 5.43 Å². The van der Waals surface area contributed by atoms with Gasteiger partial charge in [-0.1, -0.05) is 33.2 Å². The standard InChI is InChI=1S/C23H16BrN3O3/c1-29-16-9-6-14(7-10-16)23-25-21(30-26-23)13-27-19-5-3-2-4-17(19)22(28)18-12-15(24)8-11-20(18)27/h2-12H,13H2,1H3. The first kappa shape index (κ1) is 18.6. The second-order valence-electron chi connectivity index (χ2n) is 6.83. The third kappa shape index (κ3) is 3.17. The largest absolute Gasteiger partial charge is 0.497 e. The number of fused-ring (bicyclic) bond motifs is 2. The molecule has 0 N–H and O–H groups in total. The number of aromatic nitrogens is 3. The quantitative estimate of drug-likeness (QED) is 0.351. The summed E-state index contributed by atoms with van der Waals surface area (Å²) in [5, 5.41) is 5.41. The van der Waals surface area contributed by atoms with Crippen molar-refractivity contribution >= 4 is 37.7 Å². The van der Waals surface area contributed by atoms with Gasteiger partial charge in [-0.15, -0.1) is 0 Å². The summed E-state index contributed by atoms with van der Waals surface area (Å²) in [5.41, 5.74) is 2.47. The Morgan fingerprint density at radius 1 is 1.00 bits per heavy atom. The smallest absolute Gasteiger partial charge is 0.246 e. The van der Waals surface area contributed by atoms with Crippen LogP contribution < -0.4 is 10.2 Å². The molecule has 3 aromatic carbocycles. The normalized spacial score (nSPS) is 11.3. The number of hydrogen-bond acceptors (Lipinski definition) is 5. The molecule has 6 nitrogen and oxygen atoms in total. The number of hydrogen-bond donors (Lipinski definition) is 0. The third-order valence-corrected chi connectivity index (χ3v) is 5.54. The lowest BCUT2D eigenvalue weighted by Gasteiger charge is -2.13. The minimum atomic E-state index is 0.00241. The summed E-state index contributed by atoms with van der Waals surface area (Å²) < 4.78 is 13.6. The Balaban J connectivity index is 1.62. The van der Waals surface area contributed by atoms with Crippen LogP contribution in [0.3, 0.4) is 0 Å². The van der Waals surface area contributed by atoms with Crippen LogP contribution in [0.1, 0.15) is 5.89 Å². The Morgan fingerprint density at radius 3 is 2.57 bits per heavy atom. The molecule has 0 saturated heterocycles. The fourth-order valence-electron chi connectivity index (χ4n) is 3.58. The lowest BCUT2D eigenvalue weighted by molar-refractivity contribution is 0.374. The number of halogens is 1. The van der Waals surface area contributed by atoms with Gasteiger partial charge in [0.1, 0.15) is 12.3 Å². The van der Waals surface area contributed by atoms with Gasteiger partial charge in [0.05, 0.1) is 18.1 Å². The SMILES string of the molecule is COc1ccc(-c2noc(Cn3c4ccccc4c(=O)c4cc(Br)ccc43)n2)cc1. The highest BCUT2D eigenvalue weighted by atomic mass is 79.9. The van der Waals surface area contributed by atoms with Crippen LogP contribution in [-0.4, -0.2) is 21.8 Å². The molecule has 7 heteroatoms. The average Bonchev–Trinajstić information content (AvgIpc) is 3.25. The Labute approximate surface area is 179 Å². The van der Waals surface area contributed by atoms with E-state index in [1.165, 1.54) is 0 Å². The molecule has 0 radical (unpaired) electrons. The zero-order valence-electron chi connectivity index (χ0n) is 16.0. The molecule has 0 amide bonds. The van der Waals surface area contributed by atoms with Crippen molar-refractivity contribution in [3.05, 3.63) is 87.3 Å². The molecule has 0 fully saturated rings. The minimum Gasteiger partial charge on any atom is -0.497 e. The summed E-state index contributed by atoms with van der Waals surface area (Å²) in [6.07, 6.45) is 0. The van der Waals surface area contributed by atoms with E-state index < -0.39 is 0 Å². The maximum atomic E-state index is 13.0. The van der Waals surface area contributed by atoms with Crippen molar-refractivity contribution in [2.75, 3.05) is 7.11 Å². The predicted octanol–water partition coefficient (Wildman–Crippen LogP) is 5.02. The van der Waals surface area contributed by atoms with E-state index in [0.717, 1.165) is 26.8 Å². The molecular formula is C23H16BrN3O3. The zero-order valence-corrected chi connectivity index (χ0v) is 17.6. The number of methoxy groups -OCH3 is 1. The highest BCUT2D eigenvalue weighted by Gasteiger charge is 2.15.